The molecule has 5 saturated carbocycles. The summed E-state index contributed by atoms with van der Waals surface area (Å²) in [7, 11) is 0. The number of allylic oxidation sites excluding steroid dienone is 3. The fourth-order valence-corrected chi connectivity index (χ4v) is 17.3. The number of hydrogen-bond acceptors (Lipinski definition) is 40. The van der Waals surface area contributed by atoms with E-state index in [-0.39, 0.29) is 62.7 Å². The highest BCUT2D eigenvalue weighted by atomic mass is 16.8. The van der Waals surface area contributed by atoms with Crippen molar-refractivity contribution in [3.8, 4) is 0 Å². The van der Waals surface area contributed by atoms with Crippen LogP contribution in [0.2, 0.25) is 0 Å². The molecular weight excluding hydrogens is 1570 g/mol. The van der Waals surface area contributed by atoms with E-state index in [1.54, 1.807) is 6.08 Å². The summed E-state index contributed by atoms with van der Waals surface area (Å²) in [5, 5.41) is 244. The van der Waals surface area contributed by atoms with Crippen LogP contribution in [0, 0.1) is 29.6 Å². The molecule has 0 aromatic carbocycles. The first-order valence-electron chi connectivity index (χ1n) is 40.0. The average Bonchev–Trinajstić information content (AvgIpc) is 0.754. The van der Waals surface area contributed by atoms with Gasteiger partial charge in [-0.05, 0) is 108 Å². The molecule has 6 aliphatic heterocycles. The van der Waals surface area contributed by atoms with Gasteiger partial charge in [-0.1, -0.05) is 18.2 Å². The van der Waals surface area contributed by atoms with Crippen molar-refractivity contribution in [3.63, 3.8) is 0 Å². The van der Waals surface area contributed by atoms with Crippen LogP contribution >= 0.6 is 0 Å². The van der Waals surface area contributed by atoms with E-state index in [0.29, 0.717) is 38.5 Å². The van der Waals surface area contributed by atoms with Crippen LogP contribution in [0.5, 0.6) is 0 Å². The van der Waals surface area contributed by atoms with Crippen molar-refractivity contribution in [2.45, 2.75) is 343 Å². The van der Waals surface area contributed by atoms with E-state index < -0.39 is 320 Å². The number of esters is 4. The van der Waals surface area contributed by atoms with Gasteiger partial charge in [-0.15, -0.1) is 0 Å². The summed E-state index contributed by atoms with van der Waals surface area (Å²) in [6.45, 7) is -1.87. The van der Waals surface area contributed by atoms with E-state index in [1.165, 1.54) is 25.2 Å². The normalized spacial score (nSPS) is 47.6. The van der Waals surface area contributed by atoms with Crippen LogP contribution in [0.4, 0.5) is 0 Å². The Morgan fingerprint density at radius 3 is 1.24 bits per heavy atom. The molecule has 666 valence electrons. The number of fused-ring (bicyclic) bond motifs is 1. The number of rotatable bonds is 27. The fourth-order valence-electron chi connectivity index (χ4n) is 17.3. The van der Waals surface area contributed by atoms with Crippen LogP contribution in [0.3, 0.4) is 0 Å². The van der Waals surface area contributed by atoms with Crippen LogP contribution < -0.4 is 0 Å². The number of hydrogen-bond donors (Lipinski definition) is 22. The zero-order valence-corrected chi connectivity index (χ0v) is 64.0. The Labute approximate surface area is 670 Å². The Balaban J connectivity index is 0.874. The summed E-state index contributed by atoms with van der Waals surface area (Å²) in [5.41, 5.74) is 0. The number of aliphatic hydroxyl groups is 23. The Morgan fingerprint density at radius 1 is 0.368 bits per heavy atom. The summed E-state index contributed by atoms with van der Waals surface area (Å²) in [6, 6.07) is 0. The minimum atomic E-state index is -2.19. The smallest absolute Gasteiger partial charge is 0.330 e. The fraction of sp³-hybridized carbons (Fsp3) is 0.853. The van der Waals surface area contributed by atoms with Gasteiger partial charge in [0.2, 0.25) is 0 Å². The van der Waals surface area contributed by atoms with Gasteiger partial charge in [0.05, 0.1) is 73.6 Å². The summed E-state index contributed by atoms with van der Waals surface area (Å²) in [5.74, 6) is -8.54. The molecule has 11 aliphatic rings. The number of aliphatic hydroxyl groups excluding tert-OH is 21. The molecular formula is C75H115O42+. The van der Waals surface area contributed by atoms with Gasteiger partial charge in [-0.2, -0.15) is 0 Å². The standard InChI is InChI=1S/C75H114O42/c1-28-69(117-52(86)15-6-29-2-9-33(76)10-3-29)63(97)68(102)71(107-28)106-27-48-58(92)62(96)67(101)75(116-48)112-44-22-35-40(20-34(77)21-41(35)109-72-64(98)59(93)57(91)47(113-72)26-105-53(87)23-49(82)83)108-70(44)32-18-42(110-73-65(99)60(94)55(89)45(114-73)24-103-50(84)13-7-30-4-11-36(78)38(80)16-30)54(88)43(19-32)111-74-66(100)61(95)56(90)46(115-74)25-104-51(85)14-8-31-5-12-37(79)39(81)17-31/h6-8,13-15,28-48,54-81,88-102H,2-5,9-12,16-27H2,1H3,(H,82,83)/p+1. The number of carboxylic acid groups (broad SMARTS) is 1. The Hall–Kier alpha value is -4.71. The second-order valence-corrected chi connectivity index (χ2v) is 32.7. The summed E-state index contributed by atoms with van der Waals surface area (Å²) >= 11 is 0. The lowest BCUT2D eigenvalue weighted by Gasteiger charge is -2.51. The van der Waals surface area contributed by atoms with Crippen molar-refractivity contribution in [3.05, 3.63) is 36.5 Å². The average molecular weight is 1690 g/mol. The summed E-state index contributed by atoms with van der Waals surface area (Å²) < 4.78 is 88.2. The highest BCUT2D eigenvalue weighted by Gasteiger charge is 2.60. The van der Waals surface area contributed by atoms with Crippen LogP contribution in [-0.4, -0.2) is 406 Å². The third kappa shape index (κ3) is 23.4. The molecule has 5 aliphatic carbocycles. The molecule has 23 N–H and O–H groups in total. The van der Waals surface area contributed by atoms with Crippen molar-refractivity contribution in [1.29, 1.82) is 0 Å². The molecule has 0 bridgehead atoms. The van der Waals surface area contributed by atoms with Crippen molar-refractivity contribution >= 4 is 29.8 Å². The molecule has 117 heavy (non-hydrogen) atoms. The molecule has 0 radical (unpaired) electrons. The topological polar surface area (TPSA) is 672 Å². The molecule has 0 aromatic rings. The highest BCUT2D eigenvalue weighted by Crippen LogP contribution is 2.46. The third-order valence-corrected chi connectivity index (χ3v) is 24.3. The van der Waals surface area contributed by atoms with Crippen LogP contribution in [0.1, 0.15) is 110 Å². The number of carboxylic acids is 1. The van der Waals surface area contributed by atoms with E-state index >= 15 is 0 Å². The van der Waals surface area contributed by atoms with E-state index in [4.69, 9.17) is 76.2 Å². The van der Waals surface area contributed by atoms with Gasteiger partial charge >= 0.3 is 29.8 Å². The molecule has 11 fully saturated rings. The molecule has 6 heterocycles. The lowest BCUT2D eigenvalue weighted by molar-refractivity contribution is -0.375. The van der Waals surface area contributed by atoms with Crippen LogP contribution in [0.15, 0.2) is 36.5 Å². The molecule has 11 rings (SSSR count). The lowest BCUT2D eigenvalue weighted by Crippen LogP contribution is -2.65. The predicted octanol–water partition coefficient (Wildman–Crippen LogP) is -9.27. The van der Waals surface area contributed by atoms with Gasteiger partial charge in [0.1, 0.15) is 148 Å². The van der Waals surface area contributed by atoms with Gasteiger partial charge < -0.3 is 183 Å². The largest absolute Gasteiger partial charge is 0.481 e. The van der Waals surface area contributed by atoms with Crippen LogP contribution in [0.25, 0.3) is 0 Å². The Kier molecular flexibility index (Phi) is 33.1. The lowest BCUT2D eigenvalue weighted by atomic mass is 9.71. The van der Waals surface area contributed by atoms with Crippen molar-refractivity contribution in [2.24, 2.45) is 29.6 Å². The van der Waals surface area contributed by atoms with Gasteiger partial charge in [-0.25, -0.2) is 14.4 Å². The van der Waals surface area contributed by atoms with Gasteiger partial charge in [-0.3, -0.25) is 9.59 Å². The Bertz CT molecular complexity index is 3200. The zero-order valence-electron chi connectivity index (χ0n) is 64.0. The zero-order chi connectivity index (χ0) is 84.7. The van der Waals surface area contributed by atoms with Crippen molar-refractivity contribution in [2.75, 3.05) is 26.4 Å². The van der Waals surface area contributed by atoms with E-state index in [1.807, 2.05) is 0 Å². The first-order chi connectivity index (χ1) is 55.5. The second kappa shape index (κ2) is 41.6. The number of aliphatic carboxylic acids is 1. The monoisotopic (exact) mass is 1690 g/mol. The number of ether oxygens (including phenoxy) is 15. The van der Waals surface area contributed by atoms with Gasteiger partial charge in [0.25, 0.3) is 0 Å². The summed E-state index contributed by atoms with van der Waals surface area (Å²) in [6.07, 6.45) is -55.8. The molecule has 42 heteroatoms. The Morgan fingerprint density at radius 2 is 0.778 bits per heavy atom. The maximum atomic E-state index is 13.1. The maximum absolute atomic E-state index is 13.1. The predicted molar refractivity (Wildman–Crippen MR) is 379 cm³/mol. The van der Waals surface area contributed by atoms with Gasteiger partial charge in [0, 0.05) is 37.0 Å². The maximum Gasteiger partial charge on any atom is 0.330 e. The molecule has 0 spiro atoms. The van der Waals surface area contributed by atoms with E-state index in [0.717, 1.165) is 12.2 Å². The van der Waals surface area contributed by atoms with E-state index in [2.05, 4.69) is 0 Å². The third-order valence-electron chi connectivity index (χ3n) is 24.3. The first-order valence-corrected chi connectivity index (χ1v) is 40.0. The van der Waals surface area contributed by atoms with Crippen LogP contribution in [-0.2, 0) is 90.3 Å². The minimum Gasteiger partial charge on any atom is -0.481 e. The first kappa shape index (κ1) is 93.0. The molecule has 39 unspecified atom stereocenters. The van der Waals surface area contributed by atoms with Crippen molar-refractivity contribution in [1.82, 2.24) is 0 Å². The minimum absolute atomic E-state index is 0.0239. The molecule has 0 amide bonds. The quantitative estimate of drug-likeness (QED) is 0.0119. The molecule has 39 atom stereocenters. The number of carbonyl (C=O) groups is 5. The van der Waals surface area contributed by atoms with Crippen molar-refractivity contribution < 1.29 is 207 Å². The second-order valence-electron chi connectivity index (χ2n) is 32.7. The van der Waals surface area contributed by atoms with E-state index in [9.17, 15) is 131 Å². The number of carbonyl (C=O) groups excluding carboxylic acids is 4. The molecule has 6 saturated heterocycles. The SMILES string of the molecule is CC1OC(OCC2OC(OC3CC4C(OC5OC(COC(=O)CC(=O)O)C(O)C(O)C5O)CC(O)CC4[OH+]C3C3CC(OC4OC(COC(=O)C=CC5CCC(O)C(O)C5)C(O)C(O)C4O)C(O)C(OC4OC(COC(=O)C=CC5CCC(O)C(O)C5)C(O)C(O)C4O)C3)C(O)C(O)C2O)C(O)C(O)C1OC(=O)C=CC1CCC(O)CC1. The molecule has 0 aromatic heterocycles. The molecule has 42 nitrogen and oxygen atoms in total. The summed E-state index contributed by atoms with van der Waals surface area (Å²) in [4.78, 5) is 62.8. The highest BCUT2D eigenvalue weighted by molar-refractivity contribution is 5.90. The van der Waals surface area contributed by atoms with Gasteiger partial charge in [0.15, 0.2) is 49.8 Å².